The van der Waals surface area contributed by atoms with E-state index in [1.807, 2.05) is 6.07 Å². The second-order valence-electron chi connectivity index (χ2n) is 6.28. The predicted molar refractivity (Wildman–Crippen MR) is 87.6 cm³/mol. The smallest absolute Gasteiger partial charge is 0.0828 e. The monoisotopic (exact) mass is 284 g/mol. The van der Waals surface area contributed by atoms with Crippen LogP contribution in [0, 0.1) is 13.8 Å². The third-order valence-electron chi connectivity index (χ3n) is 4.38. The summed E-state index contributed by atoms with van der Waals surface area (Å²) in [5.74, 6) is 0. The van der Waals surface area contributed by atoms with Gasteiger partial charge in [0, 0.05) is 11.7 Å². The van der Waals surface area contributed by atoms with Gasteiger partial charge < -0.3 is 11.1 Å². The van der Waals surface area contributed by atoms with Crippen molar-refractivity contribution in [3.8, 4) is 0 Å². The van der Waals surface area contributed by atoms with Crippen LogP contribution >= 0.6 is 0 Å². The number of nitrogens with zero attached hydrogens (tertiary/aromatic N) is 2. The third kappa shape index (κ3) is 2.39. The van der Waals surface area contributed by atoms with Crippen molar-refractivity contribution < 1.29 is 0 Å². The van der Waals surface area contributed by atoms with Gasteiger partial charge in [0.25, 0.3) is 0 Å². The fourth-order valence-corrected chi connectivity index (χ4v) is 3.34. The summed E-state index contributed by atoms with van der Waals surface area (Å²) in [6.07, 6.45) is 2.21. The van der Waals surface area contributed by atoms with Crippen molar-refractivity contribution in [2.24, 2.45) is 0 Å². The molecule has 0 aliphatic heterocycles. The number of anilines is 2. The van der Waals surface area contributed by atoms with Crippen molar-refractivity contribution in [1.29, 1.82) is 0 Å². The van der Waals surface area contributed by atoms with E-state index in [2.05, 4.69) is 54.9 Å². The molecule has 1 unspecified atom stereocenters. The highest BCUT2D eigenvalue weighted by atomic mass is 15.3. The molecule has 1 atom stereocenters. The minimum absolute atomic E-state index is 0.364. The van der Waals surface area contributed by atoms with Gasteiger partial charge in [-0.2, -0.15) is 5.10 Å². The zero-order chi connectivity index (χ0) is 15.1. The lowest BCUT2D eigenvalue weighted by Crippen LogP contribution is -2.09. The molecule has 0 saturated carbocycles. The minimum Gasteiger partial charge on any atom is -0.399 e. The van der Waals surface area contributed by atoms with E-state index >= 15 is 0 Å². The summed E-state index contributed by atoms with van der Waals surface area (Å²) in [5, 5.41) is 8.36. The van der Waals surface area contributed by atoms with Gasteiger partial charge in [0.15, 0.2) is 0 Å². The van der Waals surface area contributed by atoms with Crippen LogP contribution in [0.4, 0.5) is 11.4 Å². The van der Waals surface area contributed by atoms with Crippen molar-refractivity contribution >= 4 is 11.4 Å². The largest absolute Gasteiger partial charge is 0.399 e. The number of aromatic nitrogens is 2. The number of hydrogen-bond acceptors (Lipinski definition) is 3. The molecule has 1 aliphatic rings. The second-order valence-corrected chi connectivity index (χ2v) is 6.28. The van der Waals surface area contributed by atoms with Crippen LogP contribution in [0.25, 0.3) is 0 Å². The maximum absolute atomic E-state index is 5.88. The Balaban J connectivity index is 1.90. The van der Waals surface area contributed by atoms with Gasteiger partial charge in [0.1, 0.15) is 0 Å². The lowest BCUT2D eigenvalue weighted by atomic mass is 10.1. The summed E-state index contributed by atoms with van der Waals surface area (Å²) in [4.78, 5) is 0. The average Bonchev–Trinajstić information content (AvgIpc) is 2.94. The van der Waals surface area contributed by atoms with Crippen LogP contribution in [0.3, 0.4) is 0 Å². The van der Waals surface area contributed by atoms with Gasteiger partial charge in [-0.15, -0.1) is 0 Å². The summed E-state index contributed by atoms with van der Waals surface area (Å²) in [6.45, 7) is 8.54. The number of benzene rings is 1. The van der Waals surface area contributed by atoms with E-state index in [-0.39, 0.29) is 0 Å². The average molecular weight is 284 g/mol. The number of hydrogen-bond donors (Lipinski definition) is 2. The fourth-order valence-electron chi connectivity index (χ4n) is 3.34. The van der Waals surface area contributed by atoms with Crippen LogP contribution in [-0.2, 0) is 6.42 Å². The van der Waals surface area contributed by atoms with E-state index < -0.39 is 0 Å². The molecule has 1 aliphatic carbocycles. The minimum atomic E-state index is 0.364. The van der Waals surface area contributed by atoms with Crippen molar-refractivity contribution in [2.45, 2.75) is 52.6 Å². The van der Waals surface area contributed by atoms with Crippen LogP contribution < -0.4 is 11.1 Å². The van der Waals surface area contributed by atoms with Crippen LogP contribution in [0.2, 0.25) is 0 Å². The lowest BCUT2D eigenvalue weighted by molar-refractivity contribution is 0.516. The van der Waals surface area contributed by atoms with Gasteiger partial charge in [-0.1, -0.05) is 6.07 Å². The zero-order valence-electron chi connectivity index (χ0n) is 13.3. The van der Waals surface area contributed by atoms with E-state index in [0.29, 0.717) is 12.1 Å². The van der Waals surface area contributed by atoms with Crippen LogP contribution in [0.5, 0.6) is 0 Å². The van der Waals surface area contributed by atoms with Gasteiger partial charge in [-0.25, -0.2) is 0 Å². The molecule has 4 nitrogen and oxygen atoms in total. The SMILES string of the molecule is Cc1nn(C(C)C)c(C)c1NC1CCc2cc(N)ccc21. The molecule has 0 fully saturated rings. The summed E-state index contributed by atoms with van der Waals surface area (Å²) >= 11 is 0. The normalized spacial score (nSPS) is 17.3. The van der Waals surface area contributed by atoms with Crippen molar-refractivity contribution in [3.63, 3.8) is 0 Å². The van der Waals surface area contributed by atoms with Crippen molar-refractivity contribution in [2.75, 3.05) is 11.1 Å². The Labute approximate surface area is 126 Å². The van der Waals surface area contributed by atoms with Gasteiger partial charge in [0.05, 0.1) is 23.1 Å². The van der Waals surface area contributed by atoms with Crippen LogP contribution in [0.1, 0.15) is 54.9 Å². The fraction of sp³-hybridized carbons (Fsp3) is 0.471. The standard InChI is InChI=1S/C17H24N4/c1-10(2)21-12(4)17(11(3)20-21)19-16-8-5-13-9-14(18)6-7-15(13)16/h6-7,9-10,16,19H,5,8,18H2,1-4H3. The highest BCUT2D eigenvalue weighted by molar-refractivity contribution is 5.56. The van der Waals surface area contributed by atoms with Crippen molar-refractivity contribution in [1.82, 2.24) is 9.78 Å². The van der Waals surface area contributed by atoms with Crippen LogP contribution in [-0.4, -0.2) is 9.78 Å². The number of nitrogens with two attached hydrogens (primary N) is 1. The molecule has 1 heterocycles. The maximum Gasteiger partial charge on any atom is 0.0828 e. The summed E-state index contributed by atoms with van der Waals surface area (Å²) in [5.41, 5.74) is 13.0. The molecule has 4 heteroatoms. The van der Waals surface area contributed by atoms with E-state index in [1.165, 1.54) is 22.5 Å². The van der Waals surface area contributed by atoms with E-state index in [4.69, 9.17) is 5.73 Å². The molecule has 2 aromatic rings. The molecular formula is C17H24N4. The number of rotatable bonds is 3. The maximum atomic E-state index is 5.88. The van der Waals surface area contributed by atoms with E-state index in [1.54, 1.807) is 0 Å². The van der Waals surface area contributed by atoms with Crippen molar-refractivity contribution in [3.05, 3.63) is 40.7 Å². The van der Waals surface area contributed by atoms with Gasteiger partial charge >= 0.3 is 0 Å². The molecule has 0 saturated heterocycles. The molecule has 1 aromatic carbocycles. The van der Waals surface area contributed by atoms with Crippen LogP contribution in [0.15, 0.2) is 18.2 Å². The lowest BCUT2D eigenvalue weighted by Gasteiger charge is -2.16. The summed E-state index contributed by atoms with van der Waals surface area (Å²) < 4.78 is 2.09. The first kappa shape index (κ1) is 14.0. The Kier molecular flexibility index (Phi) is 3.40. The number of nitrogen functional groups attached to an aromatic ring is 1. The molecule has 21 heavy (non-hydrogen) atoms. The second kappa shape index (κ2) is 5.10. The van der Waals surface area contributed by atoms with E-state index in [0.717, 1.165) is 24.2 Å². The topological polar surface area (TPSA) is 55.9 Å². The molecule has 3 rings (SSSR count). The third-order valence-corrected chi connectivity index (χ3v) is 4.38. The Hall–Kier alpha value is -1.97. The molecule has 0 amide bonds. The first-order valence-electron chi connectivity index (χ1n) is 7.68. The Morgan fingerprint density at radius 1 is 1.33 bits per heavy atom. The number of nitrogens with one attached hydrogen (secondary N) is 1. The quantitative estimate of drug-likeness (QED) is 0.844. The Morgan fingerprint density at radius 2 is 2.10 bits per heavy atom. The number of fused-ring (bicyclic) bond motifs is 1. The Bertz CT molecular complexity index is 670. The molecule has 0 bridgehead atoms. The molecule has 0 radical (unpaired) electrons. The number of aryl methyl sites for hydroxylation is 2. The molecule has 1 aromatic heterocycles. The summed E-state index contributed by atoms with van der Waals surface area (Å²) in [6, 6.07) is 7.01. The molecule has 3 N–H and O–H groups in total. The highest BCUT2D eigenvalue weighted by Gasteiger charge is 2.24. The predicted octanol–water partition coefficient (Wildman–Crippen LogP) is 3.76. The molecule has 0 spiro atoms. The highest BCUT2D eigenvalue weighted by Crippen LogP contribution is 2.36. The molecular weight excluding hydrogens is 260 g/mol. The molecule has 112 valence electrons. The first-order valence-corrected chi connectivity index (χ1v) is 7.68. The first-order chi connectivity index (χ1) is 9.97. The summed E-state index contributed by atoms with van der Waals surface area (Å²) in [7, 11) is 0. The Morgan fingerprint density at radius 3 is 2.76 bits per heavy atom. The van der Waals surface area contributed by atoms with Gasteiger partial charge in [0.2, 0.25) is 0 Å². The zero-order valence-corrected chi connectivity index (χ0v) is 13.3. The van der Waals surface area contributed by atoms with Gasteiger partial charge in [-0.3, -0.25) is 4.68 Å². The van der Waals surface area contributed by atoms with E-state index in [9.17, 15) is 0 Å². The van der Waals surface area contributed by atoms with Gasteiger partial charge in [-0.05, 0) is 63.8 Å².